The van der Waals surface area contributed by atoms with E-state index >= 15 is 14.4 Å². The standard InChI is InChI=1S/C45H34N2O3/c1-31-23-27-37(28-24-31)46-40(33-15-7-3-8-16-33)39(41(48)34-17-9-4-10-18-34)45(43(46)50)44(35-19-11-5-12-20-35,36-21-13-6-14-22-36)42(49)47(45)38-29-25-32(2)26-30-38/h3-30H,1-2H3/t45-/m0/s1. The summed E-state index contributed by atoms with van der Waals surface area (Å²) in [7, 11) is 0. The summed E-state index contributed by atoms with van der Waals surface area (Å²) in [5.74, 6) is -0.996. The van der Waals surface area contributed by atoms with E-state index in [2.05, 4.69) is 0 Å². The van der Waals surface area contributed by atoms with E-state index in [1.54, 1.807) is 21.9 Å². The first-order chi connectivity index (χ1) is 24.4. The fourth-order valence-corrected chi connectivity index (χ4v) is 7.83. The van der Waals surface area contributed by atoms with Gasteiger partial charge in [0.05, 0.1) is 11.3 Å². The Kier molecular flexibility index (Phi) is 7.41. The molecule has 1 fully saturated rings. The van der Waals surface area contributed by atoms with E-state index in [0.717, 1.165) is 11.1 Å². The first kappa shape index (κ1) is 31.0. The molecular formula is C45H34N2O3. The highest BCUT2D eigenvalue weighted by Gasteiger charge is 2.82. The van der Waals surface area contributed by atoms with Gasteiger partial charge in [-0.1, -0.05) is 157 Å². The van der Waals surface area contributed by atoms with Gasteiger partial charge in [0.2, 0.25) is 5.91 Å². The zero-order valence-electron chi connectivity index (χ0n) is 27.8. The Balaban J connectivity index is 1.59. The van der Waals surface area contributed by atoms with E-state index in [4.69, 9.17) is 0 Å². The Morgan fingerprint density at radius 1 is 0.500 bits per heavy atom. The maximum absolute atomic E-state index is 16.2. The molecule has 0 radical (unpaired) electrons. The first-order valence-corrected chi connectivity index (χ1v) is 16.7. The van der Waals surface area contributed by atoms with E-state index in [9.17, 15) is 0 Å². The monoisotopic (exact) mass is 650 g/mol. The van der Waals surface area contributed by atoms with Crippen molar-refractivity contribution in [3.8, 4) is 0 Å². The number of benzene rings is 6. The van der Waals surface area contributed by atoms with E-state index in [1.807, 2.05) is 172 Å². The number of aryl methyl sites for hydroxylation is 2. The average molecular weight is 651 g/mol. The highest BCUT2D eigenvalue weighted by atomic mass is 16.2. The second-order valence-electron chi connectivity index (χ2n) is 12.9. The quantitative estimate of drug-likeness (QED) is 0.128. The summed E-state index contributed by atoms with van der Waals surface area (Å²) in [6.07, 6.45) is 0. The molecule has 2 heterocycles. The Morgan fingerprint density at radius 3 is 1.44 bits per heavy atom. The molecule has 0 aromatic heterocycles. The molecule has 1 saturated heterocycles. The molecule has 2 amide bonds. The van der Waals surface area contributed by atoms with Crippen LogP contribution < -0.4 is 9.80 Å². The number of hydrogen-bond donors (Lipinski definition) is 0. The number of hydrogen-bond acceptors (Lipinski definition) is 3. The summed E-state index contributed by atoms with van der Waals surface area (Å²) in [5.41, 5.74) is 2.82. The number of carbonyl (C=O) groups excluding carboxylic acids is 3. The van der Waals surface area contributed by atoms with Crippen molar-refractivity contribution in [3.63, 3.8) is 0 Å². The summed E-state index contributed by atoms with van der Waals surface area (Å²) < 4.78 is 0. The van der Waals surface area contributed by atoms with E-state index in [-0.39, 0.29) is 23.2 Å². The number of β-lactam (4-membered cyclic amide) rings is 1. The Bertz CT molecular complexity index is 2230. The highest BCUT2D eigenvalue weighted by molar-refractivity contribution is 6.39. The van der Waals surface area contributed by atoms with Gasteiger partial charge in [-0.15, -0.1) is 0 Å². The van der Waals surface area contributed by atoms with Crippen molar-refractivity contribution in [2.45, 2.75) is 24.8 Å². The molecule has 2 aliphatic heterocycles. The van der Waals surface area contributed by atoms with Crippen LogP contribution in [-0.4, -0.2) is 23.1 Å². The minimum atomic E-state index is -1.83. The van der Waals surface area contributed by atoms with Crippen LogP contribution in [0.4, 0.5) is 11.4 Å². The van der Waals surface area contributed by atoms with Gasteiger partial charge in [-0.3, -0.25) is 24.2 Å². The lowest BCUT2D eigenvalue weighted by atomic mass is 9.50. The van der Waals surface area contributed by atoms with Crippen molar-refractivity contribution >= 4 is 34.7 Å². The number of ketones is 1. The third kappa shape index (κ3) is 4.30. The number of carbonyl (C=O) groups is 3. The van der Waals surface area contributed by atoms with Gasteiger partial charge in [0.25, 0.3) is 5.91 Å². The van der Waals surface area contributed by atoms with Crippen LogP contribution in [0, 0.1) is 13.8 Å². The van der Waals surface area contributed by atoms with Gasteiger partial charge in [-0.2, -0.15) is 0 Å². The molecule has 1 spiro atoms. The van der Waals surface area contributed by atoms with Crippen molar-refractivity contribution in [3.05, 3.63) is 209 Å². The van der Waals surface area contributed by atoms with Crippen LogP contribution in [0.5, 0.6) is 0 Å². The van der Waals surface area contributed by atoms with Crippen molar-refractivity contribution in [2.75, 3.05) is 9.80 Å². The second-order valence-corrected chi connectivity index (χ2v) is 12.9. The normalized spacial score (nSPS) is 18.0. The fraction of sp³-hybridized carbons (Fsp3) is 0.0889. The van der Waals surface area contributed by atoms with E-state index in [1.165, 1.54) is 0 Å². The van der Waals surface area contributed by atoms with Crippen LogP contribution in [0.1, 0.15) is 38.2 Å². The largest absolute Gasteiger partial charge is 0.290 e. The topological polar surface area (TPSA) is 57.7 Å². The third-order valence-electron chi connectivity index (χ3n) is 10.0. The van der Waals surface area contributed by atoms with Crippen LogP contribution >= 0.6 is 0 Å². The van der Waals surface area contributed by atoms with Gasteiger partial charge < -0.3 is 0 Å². The molecule has 8 rings (SSSR count). The second kappa shape index (κ2) is 12.0. The summed E-state index contributed by atoms with van der Waals surface area (Å²) >= 11 is 0. The third-order valence-corrected chi connectivity index (χ3v) is 10.0. The van der Waals surface area contributed by atoms with E-state index in [0.29, 0.717) is 39.3 Å². The zero-order chi connectivity index (χ0) is 34.5. The number of anilines is 2. The lowest BCUT2D eigenvalue weighted by molar-refractivity contribution is -0.142. The van der Waals surface area contributed by atoms with Crippen LogP contribution in [0.25, 0.3) is 5.70 Å². The molecule has 6 aromatic carbocycles. The molecule has 5 nitrogen and oxygen atoms in total. The van der Waals surface area contributed by atoms with Crippen LogP contribution in [0.3, 0.4) is 0 Å². The van der Waals surface area contributed by atoms with Crippen molar-refractivity contribution in [1.82, 2.24) is 0 Å². The molecule has 5 heteroatoms. The summed E-state index contributed by atoms with van der Waals surface area (Å²) in [5, 5.41) is 0. The molecule has 0 saturated carbocycles. The van der Waals surface area contributed by atoms with Gasteiger partial charge in [-0.05, 0) is 54.8 Å². The highest BCUT2D eigenvalue weighted by Crippen LogP contribution is 2.64. The van der Waals surface area contributed by atoms with Gasteiger partial charge in [0.15, 0.2) is 11.3 Å². The van der Waals surface area contributed by atoms with Crippen LogP contribution in [0.2, 0.25) is 0 Å². The Hall–Kier alpha value is -6.33. The van der Waals surface area contributed by atoms with Gasteiger partial charge >= 0.3 is 0 Å². The molecular weight excluding hydrogens is 617 g/mol. The van der Waals surface area contributed by atoms with Crippen LogP contribution in [0.15, 0.2) is 175 Å². The lowest BCUT2D eigenvalue weighted by Gasteiger charge is -2.63. The Morgan fingerprint density at radius 2 is 0.940 bits per heavy atom. The van der Waals surface area contributed by atoms with Crippen molar-refractivity contribution in [2.24, 2.45) is 0 Å². The molecule has 242 valence electrons. The predicted octanol–water partition coefficient (Wildman–Crippen LogP) is 8.72. The summed E-state index contributed by atoms with van der Waals surface area (Å²) in [6.45, 7) is 3.97. The molecule has 50 heavy (non-hydrogen) atoms. The summed E-state index contributed by atoms with van der Waals surface area (Å²) in [6, 6.07) is 52.8. The van der Waals surface area contributed by atoms with Crippen molar-refractivity contribution in [1.29, 1.82) is 0 Å². The minimum Gasteiger partial charge on any atom is -0.290 e. The number of Topliss-reactive ketones (excluding diaryl/α,β-unsaturated/α-hetero) is 1. The predicted molar refractivity (Wildman–Crippen MR) is 198 cm³/mol. The number of amides is 2. The lowest BCUT2D eigenvalue weighted by Crippen LogP contribution is -2.85. The van der Waals surface area contributed by atoms with Crippen LogP contribution in [-0.2, 0) is 15.0 Å². The van der Waals surface area contributed by atoms with Gasteiger partial charge in [0, 0.05) is 16.9 Å². The summed E-state index contributed by atoms with van der Waals surface area (Å²) in [4.78, 5) is 50.5. The average Bonchev–Trinajstić information content (AvgIpc) is 3.44. The smallest absolute Gasteiger partial charge is 0.264 e. The Labute approximate surface area is 291 Å². The molecule has 0 unspecified atom stereocenters. The minimum absolute atomic E-state index is 0.244. The fourth-order valence-electron chi connectivity index (χ4n) is 7.83. The number of rotatable bonds is 7. The molecule has 0 N–H and O–H groups in total. The molecule has 0 aliphatic carbocycles. The SMILES string of the molecule is Cc1ccc(N2C(=O)[C@]3(C(C(=O)c4ccccc4)=C2c2ccccc2)N(c2ccc(C)cc2)C(=O)C3(c2ccccc2)c2ccccc2)cc1. The zero-order valence-corrected chi connectivity index (χ0v) is 27.8. The maximum Gasteiger partial charge on any atom is 0.264 e. The number of nitrogens with zero attached hydrogens (tertiary/aromatic N) is 2. The molecule has 0 bridgehead atoms. The van der Waals surface area contributed by atoms with Gasteiger partial charge in [-0.25, -0.2) is 0 Å². The van der Waals surface area contributed by atoms with E-state index < -0.39 is 11.0 Å². The first-order valence-electron chi connectivity index (χ1n) is 16.7. The molecule has 2 aliphatic rings. The molecule has 6 aromatic rings. The van der Waals surface area contributed by atoms with Crippen molar-refractivity contribution < 1.29 is 14.4 Å². The van der Waals surface area contributed by atoms with Gasteiger partial charge in [0.1, 0.15) is 5.41 Å². The molecule has 1 atom stereocenters. The maximum atomic E-state index is 16.2.